The van der Waals surface area contributed by atoms with Gasteiger partial charge >= 0.3 is 0 Å². The van der Waals surface area contributed by atoms with Gasteiger partial charge in [-0.15, -0.1) is 0 Å². The second-order valence-electron chi connectivity index (χ2n) is 9.39. The van der Waals surface area contributed by atoms with Crippen LogP contribution in [0.25, 0.3) is 0 Å². The number of alkyl halides is 1. The summed E-state index contributed by atoms with van der Waals surface area (Å²) in [7, 11) is 0. The van der Waals surface area contributed by atoms with Crippen molar-refractivity contribution in [2.24, 2.45) is 5.41 Å². The van der Waals surface area contributed by atoms with E-state index in [1.54, 1.807) is 0 Å². The predicted molar refractivity (Wildman–Crippen MR) is 135 cm³/mol. The van der Waals surface area contributed by atoms with Gasteiger partial charge in [0.1, 0.15) is 0 Å². The maximum atomic E-state index is 6.67. The SMILES string of the molecule is CCCCCCCCC(OCCBr)C(c1ccccc1)(c1ccccc1)C(C)(C)C. The Morgan fingerprint density at radius 2 is 1.27 bits per heavy atom. The number of halogens is 1. The molecule has 0 bridgehead atoms. The van der Waals surface area contributed by atoms with Crippen LogP contribution >= 0.6 is 15.9 Å². The number of hydrogen-bond donors (Lipinski definition) is 0. The first-order chi connectivity index (χ1) is 14.5. The average molecular weight is 474 g/mol. The van der Waals surface area contributed by atoms with Crippen LogP contribution in [0.5, 0.6) is 0 Å². The van der Waals surface area contributed by atoms with Gasteiger partial charge in [0.2, 0.25) is 0 Å². The lowest BCUT2D eigenvalue weighted by Crippen LogP contribution is -2.52. The molecule has 0 aromatic heterocycles. The number of unbranched alkanes of at least 4 members (excludes halogenated alkanes) is 5. The molecule has 0 aliphatic heterocycles. The van der Waals surface area contributed by atoms with Gasteiger partial charge in [-0.2, -0.15) is 0 Å². The molecule has 1 nitrogen and oxygen atoms in total. The molecule has 2 rings (SSSR count). The normalized spacial score (nSPS) is 13.4. The van der Waals surface area contributed by atoms with Crippen LogP contribution in [0, 0.1) is 5.41 Å². The molecule has 0 saturated heterocycles. The van der Waals surface area contributed by atoms with Crippen molar-refractivity contribution in [1.82, 2.24) is 0 Å². The van der Waals surface area contributed by atoms with Gasteiger partial charge < -0.3 is 4.74 Å². The summed E-state index contributed by atoms with van der Waals surface area (Å²) in [5, 5.41) is 0.865. The van der Waals surface area contributed by atoms with E-state index in [2.05, 4.69) is 104 Å². The topological polar surface area (TPSA) is 9.23 Å². The lowest BCUT2D eigenvalue weighted by molar-refractivity contribution is -0.0293. The fourth-order valence-corrected chi connectivity index (χ4v) is 5.20. The Hall–Kier alpha value is -1.12. The van der Waals surface area contributed by atoms with Gasteiger partial charge in [0.25, 0.3) is 0 Å². The Bertz CT molecular complexity index is 650. The molecule has 0 saturated carbocycles. The predicted octanol–water partition coefficient (Wildman–Crippen LogP) is 8.55. The van der Waals surface area contributed by atoms with Crippen LogP contribution in [0.15, 0.2) is 60.7 Å². The lowest BCUT2D eigenvalue weighted by Gasteiger charge is -2.51. The molecule has 0 heterocycles. The Morgan fingerprint density at radius 1 is 0.767 bits per heavy atom. The molecule has 2 heteroatoms. The van der Waals surface area contributed by atoms with Crippen LogP contribution in [-0.4, -0.2) is 18.0 Å². The van der Waals surface area contributed by atoms with E-state index in [-0.39, 0.29) is 16.9 Å². The monoisotopic (exact) mass is 472 g/mol. The molecule has 1 atom stereocenters. The van der Waals surface area contributed by atoms with Crippen molar-refractivity contribution in [3.05, 3.63) is 71.8 Å². The fourth-order valence-electron chi connectivity index (χ4n) is 5.01. The Balaban J connectivity index is 2.47. The van der Waals surface area contributed by atoms with Crippen molar-refractivity contribution in [3.8, 4) is 0 Å². The summed E-state index contributed by atoms with van der Waals surface area (Å²) < 4.78 is 6.67. The summed E-state index contributed by atoms with van der Waals surface area (Å²) in [5.41, 5.74) is 2.50. The van der Waals surface area contributed by atoms with E-state index in [4.69, 9.17) is 4.74 Å². The van der Waals surface area contributed by atoms with Crippen molar-refractivity contribution in [3.63, 3.8) is 0 Å². The summed E-state index contributed by atoms with van der Waals surface area (Å²) in [4.78, 5) is 0. The molecule has 166 valence electrons. The number of hydrogen-bond acceptors (Lipinski definition) is 1. The van der Waals surface area contributed by atoms with E-state index in [1.807, 2.05) is 0 Å². The molecule has 0 amide bonds. The molecule has 0 radical (unpaired) electrons. The van der Waals surface area contributed by atoms with Crippen molar-refractivity contribution < 1.29 is 4.74 Å². The van der Waals surface area contributed by atoms with Crippen molar-refractivity contribution in [2.45, 2.75) is 84.2 Å². The first-order valence-electron chi connectivity index (χ1n) is 11.8. The highest BCUT2D eigenvalue weighted by Crippen LogP contribution is 2.51. The molecule has 2 aromatic rings. The molecule has 2 aromatic carbocycles. The molecular formula is C28H41BrO. The van der Waals surface area contributed by atoms with E-state index in [9.17, 15) is 0 Å². The quantitative estimate of drug-likeness (QED) is 0.209. The van der Waals surface area contributed by atoms with Crippen LogP contribution in [0.3, 0.4) is 0 Å². The smallest absolute Gasteiger partial charge is 0.0717 e. The first-order valence-corrected chi connectivity index (χ1v) is 12.9. The molecule has 1 unspecified atom stereocenters. The zero-order valence-electron chi connectivity index (χ0n) is 19.5. The van der Waals surface area contributed by atoms with Crippen LogP contribution in [0.1, 0.15) is 83.8 Å². The molecule has 0 spiro atoms. The van der Waals surface area contributed by atoms with Gasteiger partial charge in [0, 0.05) is 5.33 Å². The third kappa shape index (κ3) is 6.20. The summed E-state index contributed by atoms with van der Waals surface area (Å²) in [6.07, 6.45) is 9.05. The van der Waals surface area contributed by atoms with E-state index in [0.717, 1.165) is 18.4 Å². The minimum Gasteiger partial charge on any atom is -0.376 e. The minimum atomic E-state index is -0.207. The zero-order valence-corrected chi connectivity index (χ0v) is 21.1. The van der Waals surface area contributed by atoms with Gasteiger partial charge in [0.15, 0.2) is 0 Å². The number of ether oxygens (including phenoxy) is 1. The Labute approximate surface area is 193 Å². The standard InChI is InChI=1S/C28H41BrO/c1-5-6-7-8-9-16-21-26(30-23-22-29)28(27(2,3)4,24-17-12-10-13-18-24)25-19-14-11-15-20-25/h10-15,17-20,26H,5-9,16,21-23H2,1-4H3. The minimum absolute atomic E-state index is 0.00506. The number of rotatable bonds is 13. The maximum absolute atomic E-state index is 6.67. The second-order valence-corrected chi connectivity index (χ2v) is 10.2. The first kappa shape index (κ1) is 25.1. The zero-order chi connectivity index (χ0) is 21.9. The highest BCUT2D eigenvalue weighted by Gasteiger charge is 2.51. The summed E-state index contributed by atoms with van der Waals surface area (Å²) >= 11 is 3.59. The number of benzene rings is 2. The Kier molecular flexibility index (Phi) is 10.6. The van der Waals surface area contributed by atoms with Gasteiger partial charge in [-0.05, 0) is 23.0 Å². The summed E-state index contributed by atoms with van der Waals surface area (Å²) in [5.74, 6) is 0. The molecule has 0 aliphatic carbocycles. The van der Waals surface area contributed by atoms with Crippen LogP contribution in [-0.2, 0) is 10.2 Å². The third-order valence-electron chi connectivity index (χ3n) is 6.34. The second kappa shape index (κ2) is 12.7. The Morgan fingerprint density at radius 3 is 1.73 bits per heavy atom. The summed E-state index contributed by atoms with van der Waals surface area (Å²) in [6, 6.07) is 22.1. The highest BCUT2D eigenvalue weighted by atomic mass is 79.9. The summed E-state index contributed by atoms with van der Waals surface area (Å²) in [6.45, 7) is 10.1. The van der Waals surface area contributed by atoms with Crippen molar-refractivity contribution in [2.75, 3.05) is 11.9 Å². The van der Waals surface area contributed by atoms with Gasteiger partial charge in [-0.1, -0.05) is 143 Å². The average Bonchev–Trinajstić information content (AvgIpc) is 2.75. The van der Waals surface area contributed by atoms with Crippen molar-refractivity contribution >= 4 is 15.9 Å². The van der Waals surface area contributed by atoms with E-state index < -0.39 is 0 Å². The molecule has 0 fully saturated rings. The van der Waals surface area contributed by atoms with Gasteiger partial charge in [0.05, 0.1) is 18.1 Å². The van der Waals surface area contributed by atoms with Crippen LogP contribution in [0.4, 0.5) is 0 Å². The maximum Gasteiger partial charge on any atom is 0.0717 e. The molecular weight excluding hydrogens is 432 g/mol. The van der Waals surface area contributed by atoms with Crippen LogP contribution in [0.2, 0.25) is 0 Å². The van der Waals surface area contributed by atoms with Gasteiger partial charge in [-0.25, -0.2) is 0 Å². The lowest BCUT2D eigenvalue weighted by atomic mass is 9.55. The van der Waals surface area contributed by atoms with Crippen molar-refractivity contribution in [1.29, 1.82) is 0 Å². The van der Waals surface area contributed by atoms with Crippen LogP contribution < -0.4 is 0 Å². The largest absolute Gasteiger partial charge is 0.376 e. The van der Waals surface area contributed by atoms with Gasteiger partial charge in [-0.3, -0.25) is 0 Å². The molecule has 30 heavy (non-hydrogen) atoms. The fraction of sp³-hybridized carbons (Fsp3) is 0.571. The molecule has 0 aliphatic rings. The van der Waals surface area contributed by atoms with E-state index in [1.165, 1.54) is 49.7 Å². The highest BCUT2D eigenvalue weighted by molar-refractivity contribution is 9.09. The third-order valence-corrected chi connectivity index (χ3v) is 6.66. The molecule has 0 N–H and O–H groups in total. The van der Waals surface area contributed by atoms with E-state index >= 15 is 0 Å². The van der Waals surface area contributed by atoms with E-state index in [0.29, 0.717) is 0 Å².